The summed E-state index contributed by atoms with van der Waals surface area (Å²) in [6.45, 7) is 5.65. The van der Waals surface area contributed by atoms with Crippen molar-refractivity contribution in [3.8, 4) is 0 Å². The van der Waals surface area contributed by atoms with Crippen molar-refractivity contribution >= 4 is 11.4 Å². The lowest BCUT2D eigenvalue weighted by Gasteiger charge is -2.24. The SMILES string of the molecule is O=[N+]([O-])c1ccc(N2CCNCCNCC2)cc1. The number of anilines is 1. The van der Waals surface area contributed by atoms with Crippen molar-refractivity contribution < 1.29 is 4.92 Å². The molecule has 18 heavy (non-hydrogen) atoms. The van der Waals surface area contributed by atoms with Crippen LogP contribution >= 0.6 is 0 Å². The molecule has 1 aliphatic heterocycles. The predicted octanol–water partition coefficient (Wildman–Crippen LogP) is 0.594. The van der Waals surface area contributed by atoms with Gasteiger partial charge in [-0.1, -0.05) is 0 Å². The van der Waals surface area contributed by atoms with E-state index in [0.717, 1.165) is 45.0 Å². The fraction of sp³-hybridized carbons (Fsp3) is 0.500. The van der Waals surface area contributed by atoms with E-state index in [2.05, 4.69) is 15.5 Å². The highest BCUT2D eigenvalue weighted by Crippen LogP contribution is 2.18. The van der Waals surface area contributed by atoms with E-state index in [9.17, 15) is 10.1 Å². The minimum atomic E-state index is -0.370. The van der Waals surface area contributed by atoms with Gasteiger partial charge in [-0.05, 0) is 12.1 Å². The Morgan fingerprint density at radius 2 is 1.56 bits per heavy atom. The Labute approximate surface area is 106 Å². The molecule has 0 spiro atoms. The molecule has 2 rings (SSSR count). The molecule has 1 saturated heterocycles. The van der Waals surface area contributed by atoms with Gasteiger partial charge in [-0.3, -0.25) is 10.1 Å². The minimum Gasteiger partial charge on any atom is -0.369 e. The lowest BCUT2D eigenvalue weighted by atomic mass is 10.2. The van der Waals surface area contributed by atoms with Gasteiger partial charge in [0.15, 0.2) is 0 Å². The Kier molecular flexibility index (Phi) is 4.49. The number of hydrogen-bond acceptors (Lipinski definition) is 5. The van der Waals surface area contributed by atoms with Crippen LogP contribution in [0, 0.1) is 10.1 Å². The maximum absolute atomic E-state index is 10.6. The zero-order valence-electron chi connectivity index (χ0n) is 10.3. The highest BCUT2D eigenvalue weighted by Gasteiger charge is 2.10. The molecule has 6 heteroatoms. The lowest BCUT2D eigenvalue weighted by molar-refractivity contribution is -0.384. The Morgan fingerprint density at radius 3 is 2.06 bits per heavy atom. The van der Waals surface area contributed by atoms with Gasteiger partial charge in [0, 0.05) is 57.1 Å². The first-order valence-corrected chi connectivity index (χ1v) is 6.18. The zero-order valence-corrected chi connectivity index (χ0v) is 10.3. The van der Waals surface area contributed by atoms with Crippen LogP contribution in [-0.2, 0) is 0 Å². The van der Waals surface area contributed by atoms with Crippen LogP contribution in [0.15, 0.2) is 24.3 Å². The van der Waals surface area contributed by atoms with E-state index in [1.54, 1.807) is 12.1 Å². The first-order chi connectivity index (χ1) is 8.77. The molecule has 1 heterocycles. The number of nitrogens with zero attached hydrogens (tertiary/aromatic N) is 2. The van der Waals surface area contributed by atoms with Crippen LogP contribution in [0.4, 0.5) is 11.4 Å². The van der Waals surface area contributed by atoms with Crippen LogP contribution < -0.4 is 15.5 Å². The van der Waals surface area contributed by atoms with Crippen LogP contribution in [0.25, 0.3) is 0 Å². The second-order valence-corrected chi connectivity index (χ2v) is 4.26. The Morgan fingerprint density at radius 1 is 1.00 bits per heavy atom. The van der Waals surface area contributed by atoms with E-state index in [0.29, 0.717) is 0 Å². The maximum atomic E-state index is 10.6. The van der Waals surface area contributed by atoms with Crippen molar-refractivity contribution in [1.29, 1.82) is 0 Å². The topological polar surface area (TPSA) is 70.4 Å². The standard InChI is InChI=1S/C12H18N4O2/c17-16(18)12-3-1-11(2-4-12)15-9-7-13-5-6-14-8-10-15/h1-4,13-14H,5-10H2. The molecule has 6 nitrogen and oxygen atoms in total. The van der Waals surface area contributed by atoms with Gasteiger partial charge in [-0.15, -0.1) is 0 Å². The zero-order chi connectivity index (χ0) is 12.8. The van der Waals surface area contributed by atoms with Crippen molar-refractivity contribution in [2.24, 2.45) is 0 Å². The summed E-state index contributed by atoms with van der Waals surface area (Å²) in [5.41, 5.74) is 1.17. The van der Waals surface area contributed by atoms with Gasteiger partial charge in [0.05, 0.1) is 4.92 Å². The lowest BCUT2D eigenvalue weighted by Crippen LogP contribution is -2.33. The van der Waals surface area contributed by atoms with Gasteiger partial charge in [-0.2, -0.15) is 0 Å². The van der Waals surface area contributed by atoms with E-state index in [1.807, 2.05) is 12.1 Å². The van der Waals surface area contributed by atoms with Gasteiger partial charge < -0.3 is 15.5 Å². The summed E-state index contributed by atoms with van der Waals surface area (Å²) < 4.78 is 0. The van der Waals surface area contributed by atoms with E-state index < -0.39 is 0 Å². The quantitative estimate of drug-likeness (QED) is 0.594. The summed E-state index contributed by atoms with van der Waals surface area (Å²) in [7, 11) is 0. The normalized spacial score (nSPS) is 17.7. The van der Waals surface area contributed by atoms with Gasteiger partial charge in [-0.25, -0.2) is 0 Å². The number of nitro benzene ring substituents is 1. The number of nitrogens with one attached hydrogen (secondary N) is 2. The summed E-state index contributed by atoms with van der Waals surface area (Å²) >= 11 is 0. The van der Waals surface area contributed by atoms with Gasteiger partial charge in [0.1, 0.15) is 0 Å². The van der Waals surface area contributed by atoms with Crippen LogP contribution in [-0.4, -0.2) is 44.2 Å². The van der Waals surface area contributed by atoms with E-state index >= 15 is 0 Å². The molecular weight excluding hydrogens is 232 g/mol. The number of benzene rings is 1. The molecule has 1 fully saturated rings. The maximum Gasteiger partial charge on any atom is 0.269 e. The highest BCUT2D eigenvalue weighted by atomic mass is 16.6. The van der Waals surface area contributed by atoms with Crippen LogP contribution in [0.2, 0.25) is 0 Å². The fourth-order valence-electron chi connectivity index (χ4n) is 2.01. The van der Waals surface area contributed by atoms with Gasteiger partial charge in [0.25, 0.3) is 5.69 Å². The molecule has 0 unspecified atom stereocenters. The third-order valence-electron chi connectivity index (χ3n) is 3.02. The summed E-state index contributed by atoms with van der Waals surface area (Å²) in [4.78, 5) is 12.5. The predicted molar refractivity (Wildman–Crippen MR) is 71.0 cm³/mol. The Hall–Kier alpha value is -1.66. The van der Waals surface area contributed by atoms with Gasteiger partial charge in [0.2, 0.25) is 0 Å². The molecule has 0 radical (unpaired) electrons. The Balaban J connectivity index is 2.05. The number of non-ortho nitro benzene ring substituents is 1. The molecule has 98 valence electrons. The number of hydrogen-bond donors (Lipinski definition) is 2. The van der Waals surface area contributed by atoms with Crippen LogP contribution in [0.5, 0.6) is 0 Å². The van der Waals surface area contributed by atoms with Crippen molar-refractivity contribution in [2.45, 2.75) is 0 Å². The minimum absolute atomic E-state index is 0.138. The molecule has 1 aromatic carbocycles. The molecule has 1 aliphatic rings. The molecule has 0 aliphatic carbocycles. The average molecular weight is 250 g/mol. The first kappa shape index (κ1) is 12.8. The molecule has 0 bridgehead atoms. The molecular formula is C12H18N4O2. The molecule has 0 atom stereocenters. The van der Waals surface area contributed by atoms with E-state index in [1.165, 1.54) is 0 Å². The number of nitro groups is 1. The third kappa shape index (κ3) is 3.41. The molecule has 1 aromatic rings. The van der Waals surface area contributed by atoms with E-state index in [4.69, 9.17) is 0 Å². The van der Waals surface area contributed by atoms with Crippen molar-refractivity contribution in [2.75, 3.05) is 44.2 Å². The second-order valence-electron chi connectivity index (χ2n) is 4.26. The largest absolute Gasteiger partial charge is 0.369 e. The van der Waals surface area contributed by atoms with Crippen LogP contribution in [0.1, 0.15) is 0 Å². The summed E-state index contributed by atoms with van der Waals surface area (Å²) in [6.07, 6.45) is 0. The molecule has 0 saturated carbocycles. The molecule has 0 aromatic heterocycles. The Bertz CT molecular complexity index is 384. The number of rotatable bonds is 2. The fourth-order valence-corrected chi connectivity index (χ4v) is 2.01. The molecule has 0 amide bonds. The van der Waals surface area contributed by atoms with Gasteiger partial charge >= 0.3 is 0 Å². The molecule has 2 N–H and O–H groups in total. The summed E-state index contributed by atoms with van der Waals surface area (Å²) in [6, 6.07) is 6.75. The second kappa shape index (κ2) is 6.32. The average Bonchev–Trinajstić information content (AvgIpc) is 2.52. The van der Waals surface area contributed by atoms with Crippen LogP contribution in [0.3, 0.4) is 0 Å². The monoisotopic (exact) mass is 250 g/mol. The smallest absolute Gasteiger partial charge is 0.269 e. The van der Waals surface area contributed by atoms with Crippen molar-refractivity contribution in [3.63, 3.8) is 0 Å². The summed E-state index contributed by atoms with van der Waals surface area (Å²) in [5.74, 6) is 0. The third-order valence-corrected chi connectivity index (χ3v) is 3.02. The highest BCUT2D eigenvalue weighted by molar-refractivity contribution is 5.50. The van der Waals surface area contributed by atoms with Crippen molar-refractivity contribution in [3.05, 3.63) is 34.4 Å². The first-order valence-electron chi connectivity index (χ1n) is 6.18. The van der Waals surface area contributed by atoms with Crippen molar-refractivity contribution in [1.82, 2.24) is 10.6 Å². The van der Waals surface area contributed by atoms with E-state index in [-0.39, 0.29) is 10.6 Å². The summed E-state index contributed by atoms with van der Waals surface area (Å²) in [5, 5.41) is 17.3.